The first-order valence-corrected chi connectivity index (χ1v) is 5.77. The van der Waals surface area contributed by atoms with Gasteiger partial charge in [-0.1, -0.05) is 0 Å². The Balaban J connectivity index is 2.30. The Morgan fingerprint density at radius 1 is 1.44 bits per heavy atom. The summed E-state index contributed by atoms with van der Waals surface area (Å²) in [4.78, 5) is 24.5. The van der Waals surface area contributed by atoms with Crippen molar-refractivity contribution in [2.45, 2.75) is 32.2 Å². The zero-order chi connectivity index (χ0) is 12.0. The van der Waals surface area contributed by atoms with E-state index in [9.17, 15) is 9.59 Å². The van der Waals surface area contributed by atoms with Gasteiger partial charge in [-0.25, -0.2) is 0 Å². The molecule has 0 spiro atoms. The summed E-state index contributed by atoms with van der Waals surface area (Å²) in [5.41, 5.74) is 0. The Morgan fingerprint density at radius 2 is 2.12 bits per heavy atom. The first-order chi connectivity index (χ1) is 7.67. The summed E-state index contributed by atoms with van der Waals surface area (Å²) in [5.74, 6) is -0.194. The van der Waals surface area contributed by atoms with E-state index in [0.29, 0.717) is 32.2 Å². The number of carbonyl (C=O) groups excluding carboxylic acids is 2. The van der Waals surface area contributed by atoms with Crippen molar-refractivity contribution in [3.63, 3.8) is 0 Å². The number of ether oxygens (including phenoxy) is 1. The minimum atomic E-state index is -0.202. The van der Waals surface area contributed by atoms with Crippen LogP contribution in [0.2, 0.25) is 0 Å². The molecule has 0 atom stereocenters. The van der Waals surface area contributed by atoms with Crippen molar-refractivity contribution in [1.82, 2.24) is 10.2 Å². The minimum Gasteiger partial charge on any atom is -0.465 e. The highest BCUT2D eigenvalue weighted by atomic mass is 16.5. The zero-order valence-corrected chi connectivity index (χ0v) is 9.99. The van der Waals surface area contributed by atoms with Crippen LogP contribution in [-0.2, 0) is 14.3 Å². The Morgan fingerprint density at radius 3 is 2.62 bits per heavy atom. The van der Waals surface area contributed by atoms with Crippen LogP contribution in [0.15, 0.2) is 0 Å². The molecule has 1 aliphatic carbocycles. The summed E-state index contributed by atoms with van der Waals surface area (Å²) in [6.07, 6.45) is 2.67. The van der Waals surface area contributed by atoms with Crippen LogP contribution in [-0.4, -0.2) is 49.6 Å². The fraction of sp³-hybridized carbons (Fsp3) is 0.818. The molecule has 92 valence electrons. The molecule has 0 saturated heterocycles. The van der Waals surface area contributed by atoms with Gasteiger partial charge in [0.1, 0.15) is 0 Å². The van der Waals surface area contributed by atoms with Gasteiger partial charge in [-0.15, -0.1) is 0 Å². The average molecular weight is 228 g/mol. The van der Waals surface area contributed by atoms with Crippen LogP contribution in [0.5, 0.6) is 0 Å². The van der Waals surface area contributed by atoms with Crippen molar-refractivity contribution in [3.8, 4) is 0 Å². The summed E-state index contributed by atoms with van der Waals surface area (Å²) < 4.78 is 4.90. The molecule has 1 saturated carbocycles. The number of hydrogen-bond acceptors (Lipinski definition) is 4. The van der Waals surface area contributed by atoms with E-state index in [-0.39, 0.29) is 11.9 Å². The predicted octanol–water partition coefficient (Wildman–Crippen LogP) is 0.150. The van der Waals surface area contributed by atoms with Crippen molar-refractivity contribution >= 4 is 11.9 Å². The number of nitrogens with one attached hydrogen (secondary N) is 1. The van der Waals surface area contributed by atoms with E-state index >= 15 is 0 Å². The first kappa shape index (κ1) is 13.0. The smallest absolute Gasteiger partial charge is 0.320 e. The van der Waals surface area contributed by atoms with Gasteiger partial charge in [0, 0.05) is 26.1 Å². The van der Waals surface area contributed by atoms with Gasteiger partial charge in [0.05, 0.1) is 13.2 Å². The SMILES string of the molecule is CCOC(=O)CN(CCC(=O)NC)C1CC1. The molecule has 0 aromatic carbocycles. The van der Waals surface area contributed by atoms with Gasteiger partial charge in [-0.05, 0) is 19.8 Å². The Labute approximate surface area is 96.1 Å². The van der Waals surface area contributed by atoms with Gasteiger partial charge in [0.25, 0.3) is 0 Å². The molecule has 1 aliphatic rings. The lowest BCUT2D eigenvalue weighted by molar-refractivity contribution is -0.144. The fourth-order valence-electron chi connectivity index (χ4n) is 1.57. The van der Waals surface area contributed by atoms with Crippen LogP contribution in [0.25, 0.3) is 0 Å². The molecule has 1 rings (SSSR count). The Bertz CT molecular complexity index is 252. The van der Waals surface area contributed by atoms with E-state index in [1.165, 1.54) is 0 Å². The van der Waals surface area contributed by atoms with E-state index in [1.54, 1.807) is 14.0 Å². The molecule has 1 amide bonds. The average Bonchev–Trinajstić information content (AvgIpc) is 3.07. The third-order valence-corrected chi connectivity index (χ3v) is 2.61. The van der Waals surface area contributed by atoms with Crippen LogP contribution >= 0.6 is 0 Å². The summed E-state index contributed by atoms with van der Waals surface area (Å²) in [7, 11) is 1.62. The summed E-state index contributed by atoms with van der Waals surface area (Å²) in [5, 5.41) is 2.58. The van der Waals surface area contributed by atoms with Gasteiger partial charge < -0.3 is 10.1 Å². The van der Waals surface area contributed by atoms with Crippen molar-refractivity contribution in [1.29, 1.82) is 0 Å². The fourth-order valence-corrected chi connectivity index (χ4v) is 1.57. The van der Waals surface area contributed by atoms with Crippen LogP contribution in [0.1, 0.15) is 26.2 Å². The first-order valence-electron chi connectivity index (χ1n) is 5.77. The normalized spacial score (nSPS) is 14.9. The second kappa shape index (κ2) is 6.48. The van der Waals surface area contributed by atoms with Crippen molar-refractivity contribution < 1.29 is 14.3 Å². The van der Waals surface area contributed by atoms with Crippen LogP contribution in [0.4, 0.5) is 0 Å². The van der Waals surface area contributed by atoms with Crippen LogP contribution in [0, 0.1) is 0 Å². The monoisotopic (exact) mass is 228 g/mol. The highest BCUT2D eigenvalue weighted by Gasteiger charge is 2.30. The van der Waals surface area contributed by atoms with E-state index in [0.717, 1.165) is 12.8 Å². The molecular weight excluding hydrogens is 208 g/mol. The van der Waals surface area contributed by atoms with Crippen LogP contribution in [0.3, 0.4) is 0 Å². The largest absolute Gasteiger partial charge is 0.465 e. The third kappa shape index (κ3) is 4.61. The van der Waals surface area contributed by atoms with Gasteiger partial charge in [0.2, 0.25) is 5.91 Å². The Hall–Kier alpha value is -1.10. The Kier molecular flexibility index (Phi) is 5.25. The number of rotatable bonds is 7. The van der Waals surface area contributed by atoms with Crippen molar-refractivity contribution in [3.05, 3.63) is 0 Å². The molecule has 0 unspecified atom stereocenters. The van der Waals surface area contributed by atoms with E-state index in [4.69, 9.17) is 4.74 Å². The third-order valence-electron chi connectivity index (χ3n) is 2.61. The highest BCUT2D eigenvalue weighted by molar-refractivity contribution is 5.76. The lowest BCUT2D eigenvalue weighted by Gasteiger charge is -2.20. The maximum absolute atomic E-state index is 11.3. The molecule has 0 heterocycles. The van der Waals surface area contributed by atoms with Gasteiger partial charge in [-0.2, -0.15) is 0 Å². The molecule has 0 aromatic rings. The predicted molar refractivity (Wildman–Crippen MR) is 59.9 cm³/mol. The number of hydrogen-bond donors (Lipinski definition) is 1. The number of esters is 1. The molecule has 16 heavy (non-hydrogen) atoms. The number of amides is 1. The summed E-state index contributed by atoms with van der Waals surface area (Å²) in [6, 6.07) is 0.467. The highest BCUT2D eigenvalue weighted by Crippen LogP contribution is 2.26. The molecule has 0 aliphatic heterocycles. The van der Waals surface area contributed by atoms with Gasteiger partial charge >= 0.3 is 5.97 Å². The van der Waals surface area contributed by atoms with Crippen molar-refractivity contribution in [2.24, 2.45) is 0 Å². The molecule has 1 fully saturated rings. The summed E-state index contributed by atoms with van der Waals surface area (Å²) >= 11 is 0. The molecular formula is C11H20N2O3. The van der Waals surface area contributed by atoms with E-state index < -0.39 is 0 Å². The number of nitrogens with zero attached hydrogens (tertiary/aromatic N) is 1. The molecule has 0 radical (unpaired) electrons. The topological polar surface area (TPSA) is 58.6 Å². The van der Waals surface area contributed by atoms with Crippen LogP contribution < -0.4 is 5.32 Å². The quantitative estimate of drug-likeness (QED) is 0.630. The molecule has 0 bridgehead atoms. The molecule has 0 aromatic heterocycles. The molecule has 1 N–H and O–H groups in total. The molecule has 5 nitrogen and oxygen atoms in total. The van der Waals surface area contributed by atoms with E-state index in [1.807, 2.05) is 4.90 Å². The second-order valence-electron chi connectivity index (χ2n) is 3.93. The zero-order valence-electron chi connectivity index (χ0n) is 9.99. The maximum atomic E-state index is 11.3. The van der Waals surface area contributed by atoms with Gasteiger partial charge in [-0.3, -0.25) is 14.5 Å². The lowest BCUT2D eigenvalue weighted by Crippen LogP contribution is -2.36. The standard InChI is InChI=1S/C11H20N2O3/c1-3-16-11(15)8-13(9-4-5-9)7-6-10(14)12-2/h9H,3-8H2,1-2H3,(H,12,14). The van der Waals surface area contributed by atoms with E-state index in [2.05, 4.69) is 5.32 Å². The van der Waals surface area contributed by atoms with Gasteiger partial charge in [0.15, 0.2) is 0 Å². The lowest BCUT2D eigenvalue weighted by atomic mass is 10.3. The minimum absolute atomic E-state index is 0.00880. The summed E-state index contributed by atoms with van der Waals surface area (Å²) in [6.45, 7) is 3.13. The number of carbonyl (C=O) groups is 2. The second-order valence-corrected chi connectivity index (χ2v) is 3.93. The maximum Gasteiger partial charge on any atom is 0.320 e. The molecule has 5 heteroatoms. The van der Waals surface area contributed by atoms with Crippen molar-refractivity contribution in [2.75, 3.05) is 26.7 Å².